The Morgan fingerprint density at radius 1 is 1.50 bits per heavy atom. The molecule has 0 N–H and O–H groups in total. The average molecular weight is 268 g/mol. The molecule has 2 rings (SSSR count). The summed E-state index contributed by atoms with van der Waals surface area (Å²) in [5.74, 6) is 1.06. The number of carbonyl (C=O) groups is 1. The van der Waals surface area contributed by atoms with Crippen LogP contribution < -0.4 is 4.90 Å². The summed E-state index contributed by atoms with van der Waals surface area (Å²) in [5.41, 5.74) is 1.01. The van der Waals surface area contributed by atoms with E-state index in [4.69, 9.17) is 11.6 Å². The Bertz CT molecular complexity index is 438. The molecule has 4 nitrogen and oxygen atoms in total. The molecule has 1 atom stereocenters. The monoisotopic (exact) mass is 267 g/mol. The molecule has 98 valence electrons. The molecule has 1 aliphatic rings. The largest absolute Gasteiger partial charge is 0.353 e. The highest BCUT2D eigenvalue weighted by molar-refractivity contribution is 6.27. The molecule has 1 aliphatic heterocycles. The molecule has 1 aromatic rings. The van der Waals surface area contributed by atoms with Gasteiger partial charge in [0.05, 0.1) is 0 Å². The van der Waals surface area contributed by atoms with Gasteiger partial charge in [-0.05, 0) is 26.0 Å². The number of aryl methyl sites for hydroxylation is 1. The second kappa shape index (κ2) is 5.57. The quantitative estimate of drug-likeness (QED) is 0.765. The zero-order valence-electron chi connectivity index (χ0n) is 10.8. The molecule has 0 saturated carbocycles. The molecule has 1 fully saturated rings. The topological polar surface area (TPSA) is 36.4 Å². The van der Waals surface area contributed by atoms with Gasteiger partial charge in [-0.3, -0.25) is 4.79 Å². The number of piperazine rings is 1. The summed E-state index contributed by atoms with van der Waals surface area (Å²) in [7, 11) is 0. The second-order valence-corrected chi connectivity index (χ2v) is 4.92. The van der Waals surface area contributed by atoms with Crippen molar-refractivity contribution in [3.8, 4) is 0 Å². The lowest BCUT2D eigenvalue weighted by Gasteiger charge is -2.40. The molecule has 5 heteroatoms. The molecular formula is C13H18ClN3O. The van der Waals surface area contributed by atoms with Gasteiger partial charge >= 0.3 is 0 Å². The van der Waals surface area contributed by atoms with Crippen molar-refractivity contribution in [1.29, 1.82) is 0 Å². The molecule has 1 amide bonds. The van der Waals surface area contributed by atoms with E-state index in [0.717, 1.165) is 24.6 Å². The summed E-state index contributed by atoms with van der Waals surface area (Å²) in [6.45, 7) is 6.36. The maximum Gasteiger partial charge on any atom is 0.237 e. The Balaban J connectivity index is 2.06. The fourth-order valence-corrected chi connectivity index (χ4v) is 2.47. The van der Waals surface area contributed by atoms with Crippen molar-refractivity contribution in [2.24, 2.45) is 0 Å². The Morgan fingerprint density at radius 3 is 2.89 bits per heavy atom. The van der Waals surface area contributed by atoms with Crippen molar-refractivity contribution >= 4 is 23.3 Å². The van der Waals surface area contributed by atoms with Crippen molar-refractivity contribution in [3.63, 3.8) is 0 Å². The first-order valence-electron chi connectivity index (χ1n) is 6.16. The van der Waals surface area contributed by atoms with Gasteiger partial charge in [0.15, 0.2) is 0 Å². The molecule has 1 unspecified atom stereocenters. The third-order valence-corrected chi connectivity index (χ3v) is 3.49. The number of nitrogens with zero attached hydrogens (tertiary/aromatic N) is 3. The van der Waals surface area contributed by atoms with Gasteiger partial charge in [0, 0.05) is 31.4 Å². The Labute approximate surface area is 113 Å². The normalized spacial score (nSPS) is 20.1. The molecule has 0 spiro atoms. The van der Waals surface area contributed by atoms with E-state index in [2.05, 4.69) is 9.88 Å². The third kappa shape index (κ3) is 2.75. The summed E-state index contributed by atoms with van der Waals surface area (Å²) in [6.07, 6.45) is 0. The maximum absolute atomic E-state index is 11.6. The predicted octanol–water partition coefficient (Wildman–Crippen LogP) is 1.67. The van der Waals surface area contributed by atoms with Crippen molar-refractivity contribution in [3.05, 3.63) is 23.9 Å². The first-order chi connectivity index (χ1) is 8.61. The number of alkyl halides is 1. The van der Waals surface area contributed by atoms with E-state index in [9.17, 15) is 4.79 Å². The number of amides is 1. The van der Waals surface area contributed by atoms with Gasteiger partial charge in [-0.2, -0.15) is 0 Å². The minimum Gasteiger partial charge on any atom is -0.353 e. The summed E-state index contributed by atoms with van der Waals surface area (Å²) < 4.78 is 0. The van der Waals surface area contributed by atoms with Gasteiger partial charge in [-0.25, -0.2) is 4.98 Å². The fourth-order valence-electron chi connectivity index (χ4n) is 2.32. The molecule has 0 bridgehead atoms. The molecule has 0 aromatic carbocycles. The van der Waals surface area contributed by atoms with Crippen LogP contribution in [-0.4, -0.2) is 47.3 Å². The summed E-state index contributed by atoms with van der Waals surface area (Å²) >= 11 is 5.61. The van der Waals surface area contributed by atoms with Gasteiger partial charge < -0.3 is 9.80 Å². The zero-order chi connectivity index (χ0) is 13.1. The highest BCUT2D eigenvalue weighted by Gasteiger charge is 2.27. The first kappa shape index (κ1) is 13.1. The van der Waals surface area contributed by atoms with E-state index in [1.54, 1.807) is 0 Å². The molecule has 1 saturated heterocycles. The van der Waals surface area contributed by atoms with E-state index in [1.807, 2.05) is 36.9 Å². The molecule has 1 aromatic heterocycles. The van der Waals surface area contributed by atoms with Crippen molar-refractivity contribution in [1.82, 2.24) is 9.88 Å². The van der Waals surface area contributed by atoms with E-state index in [0.29, 0.717) is 6.54 Å². The van der Waals surface area contributed by atoms with E-state index in [-0.39, 0.29) is 17.8 Å². The Kier molecular flexibility index (Phi) is 4.07. The molecule has 18 heavy (non-hydrogen) atoms. The average Bonchev–Trinajstić information content (AvgIpc) is 2.37. The SMILES string of the molecule is Cc1cccc(N2CCN(C(=O)CCl)C(C)C2)n1. The lowest BCUT2D eigenvalue weighted by molar-refractivity contribution is -0.130. The molecule has 0 aliphatic carbocycles. The Hall–Kier alpha value is -1.29. The number of rotatable bonds is 2. The van der Waals surface area contributed by atoms with Gasteiger partial charge in [-0.1, -0.05) is 6.07 Å². The van der Waals surface area contributed by atoms with E-state index < -0.39 is 0 Å². The van der Waals surface area contributed by atoms with E-state index >= 15 is 0 Å². The highest BCUT2D eigenvalue weighted by atomic mass is 35.5. The van der Waals surface area contributed by atoms with E-state index in [1.165, 1.54) is 0 Å². The van der Waals surface area contributed by atoms with Crippen molar-refractivity contribution < 1.29 is 4.79 Å². The number of anilines is 1. The number of carbonyl (C=O) groups excluding carboxylic acids is 1. The van der Waals surface area contributed by atoms with Crippen LogP contribution in [0.1, 0.15) is 12.6 Å². The minimum atomic E-state index is 0.0148. The van der Waals surface area contributed by atoms with Crippen LogP contribution in [-0.2, 0) is 4.79 Å². The number of hydrogen-bond acceptors (Lipinski definition) is 3. The Morgan fingerprint density at radius 2 is 2.28 bits per heavy atom. The fraction of sp³-hybridized carbons (Fsp3) is 0.538. The van der Waals surface area contributed by atoms with Crippen LogP contribution in [0.5, 0.6) is 0 Å². The number of hydrogen-bond donors (Lipinski definition) is 0. The smallest absolute Gasteiger partial charge is 0.237 e. The molecule has 2 heterocycles. The van der Waals surface area contributed by atoms with Crippen LogP contribution in [0.3, 0.4) is 0 Å². The summed E-state index contributed by atoms with van der Waals surface area (Å²) in [4.78, 5) is 20.2. The van der Waals surface area contributed by atoms with Crippen LogP contribution >= 0.6 is 11.6 Å². The number of halogens is 1. The van der Waals surface area contributed by atoms with Crippen LogP contribution in [0.25, 0.3) is 0 Å². The molecule has 0 radical (unpaired) electrons. The van der Waals surface area contributed by atoms with Crippen LogP contribution in [0, 0.1) is 6.92 Å². The van der Waals surface area contributed by atoms with Crippen LogP contribution in [0.2, 0.25) is 0 Å². The van der Waals surface area contributed by atoms with Crippen molar-refractivity contribution in [2.75, 3.05) is 30.4 Å². The standard InChI is InChI=1S/C13H18ClN3O/c1-10-4-3-5-12(15-10)16-6-7-17(11(2)9-16)13(18)8-14/h3-5,11H,6-9H2,1-2H3. The summed E-state index contributed by atoms with van der Waals surface area (Å²) in [5, 5.41) is 0. The number of aromatic nitrogens is 1. The molecular weight excluding hydrogens is 250 g/mol. The predicted molar refractivity (Wildman–Crippen MR) is 73.1 cm³/mol. The van der Waals surface area contributed by atoms with Gasteiger partial charge in [-0.15, -0.1) is 11.6 Å². The van der Waals surface area contributed by atoms with Crippen LogP contribution in [0.15, 0.2) is 18.2 Å². The van der Waals surface area contributed by atoms with Gasteiger partial charge in [0.25, 0.3) is 0 Å². The van der Waals surface area contributed by atoms with Crippen LogP contribution in [0.4, 0.5) is 5.82 Å². The lowest BCUT2D eigenvalue weighted by atomic mass is 10.2. The zero-order valence-corrected chi connectivity index (χ0v) is 11.5. The lowest BCUT2D eigenvalue weighted by Crippen LogP contribution is -2.54. The van der Waals surface area contributed by atoms with Crippen molar-refractivity contribution in [2.45, 2.75) is 19.9 Å². The minimum absolute atomic E-state index is 0.0148. The van der Waals surface area contributed by atoms with Gasteiger partial charge in [0.2, 0.25) is 5.91 Å². The second-order valence-electron chi connectivity index (χ2n) is 4.65. The highest BCUT2D eigenvalue weighted by Crippen LogP contribution is 2.17. The summed E-state index contributed by atoms with van der Waals surface area (Å²) in [6, 6.07) is 6.18. The maximum atomic E-state index is 11.6. The first-order valence-corrected chi connectivity index (χ1v) is 6.69. The third-order valence-electron chi connectivity index (χ3n) is 3.26. The number of pyridine rings is 1. The van der Waals surface area contributed by atoms with Gasteiger partial charge in [0.1, 0.15) is 11.7 Å².